The van der Waals surface area contributed by atoms with Crippen molar-refractivity contribution in [3.8, 4) is 11.4 Å². The molecule has 11 heteroatoms. The molecule has 26 heavy (non-hydrogen) atoms. The van der Waals surface area contributed by atoms with Crippen LogP contribution in [0.5, 0.6) is 0 Å². The van der Waals surface area contributed by atoms with E-state index in [9.17, 15) is 0 Å². The van der Waals surface area contributed by atoms with Crippen molar-refractivity contribution in [2.75, 3.05) is 11.9 Å². The van der Waals surface area contributed by atoms with Crippen LogP contribution in [0.1, 0.15) is 25.2 Å². The van der Waals surface area contributed by atoms with Crippen LogP contribution in [0.3, 0.4) is 0 Å². The number of hydrogen-bond donors (Lipinski definition) is 2. The van der Waals surface area contributed by atoms with Gasteiger partial charge in [-0.1, -0.05) is 93.9 Å². The van der Waals surface area contributed by atoms with Crippen LogP contribution >= 0.6 is 69.6 Å². The minimum atomic E-state index is -1.82. The van der Waals surface area contributed by atoms with E-state index in [-0.39, 0.29) is 11.8 Å². The molecule has 0 bridgehead atoms. The van der Waals surface area contributed by atoms with Gasteiger partial charge in [0, 0.05) is 23.2 Å². The number of nitrogens with zero attached hydrogens (tertiary/aromatic N) is 3. The predicted molar refractivity (Wildman–Crippen MR) is 110 cm³/mol. The van der Waals surface area contributed by atoms with Crippen molar-refractivity contribution in [3.63, 3.8) is 0 Å². The van der Waals surface area contributed by atoms with Gasteiger partial charge in [0.05, 0.1) is 0 Å². The number of anilines is 1. The molecule has 0 saturated carbocycles. The highest BCUT2D eigenvalue weighted by molar-refractivity contribution is 6.67. The lowest BCUT2D eigenvalue weighted by molar-refractivity contribution is 0.547. The normalized spacial score (nSPS) is 13.0. The van der Waals surface area contributed by atoms with Crippen LogP contribution in [0, 0.1) is 0 Å². The summed E-state index contributed by atoms with van der Waals surface area (Å²) in [5, 5.41) is 3.02. The van der Waals surface area contributed by atoms with Crippen LogP contribution in [0.2, 0.25) is 0 Å². The van der Waals surface area contributed by atoms with Gasteiger partial charge >= 0.3 is 0 Å². The van der Waals surface area contributed by atoms with Crippen molar-refractivity contribution in [1.29, 1.82) is 0 Å². The van der Waals surface area contributed by atoms with Crippen molar-refractivity contribution in [3.05, 3.63) is 35.7 Å². The SMILES string of the molecule is CC(C)(N)CNc1nc(-c2ccc(C(Cl)(Cl)Cl)cc2)nc(C(Cl)(Cl)Cl)n1. The molecule has 0 radical (unpaired) electrons. The summed E-state index contributed by atoms with van der Waals surface area (Å²) >= 11 is 35.4. The fourth-order valence-corrected chi connectivity index (χ4v) is 2.46. The highest BCUT2D eigenvalue weighted by Gasteiger charge is 2.29. The number of hydrogen-bond acceptors (Lipinski definition) is 5. The summed E-state index contributed by atoms with van der Waals surface area (Å²) < 4.78 is -3.34. The van der Waals surface area contributed by atoms with Crippen molar-refractivity contribution >= 4 is 75.6 Å². The molecule has 0 aliphatic carbocycles. The summed E-state index contributed by atoms with van der Waals surface area (Å²) in [7, 11) is 0. The van der Waals surface area contributed by atoms with Crippen LogP contribution < -0.4 is 11.1 Å². The van der Waals surface area contributed by atoms with Gasteiger partial charge in [0.2, 0.25) is 13.5 Å². The summed E-state index contributed by atoms with van der Waals surface area (Å²) in [4.78, 5) is 12.7. The molecule has 1 heterocycles. The van der Waals surface area contributed by atoms with Gasteiger partial charge < -0.3 is 11.1 Å². The molecule has 0 aliphatic rings. The molecule has 1 aromatic carbocycles. The Kier molecular flexibility index (Phi) is 6.77. The largest absolute Gasteiger partial charge is 0.352 e. The minimum Gasteiger partial charge on any atom is -0.352 e. The fraction of sp³-hybridized carbons (Fsp3) is 0.400. The van der Waals surface area contributed by atoms with Crippen LogP contribution in [-0.4, -0.2) is 27.0 Å². The van der Waals surface area contributed by atoms with Crippen LogP contribution in [0.4, 0.5) is 5.95 Å². The number of nitrogens with one attached hydrogen (secondary N) is 1. The second-order valence-corrected chi connectivity index (χ2v) is 10.8. The number of rotatable bonds is 4. The lowest BCUT2D eigenvalue weighted by atomic mass is 10.1. The van der Waals surface area contributed by atoms with Gasteiger partial charge in [-0.25, -0.2) is 4.98 Å². The fourth-order valence-electron chi connectivity index (χ4n) is 1.83. The molecule has 1 aromatic heterocycles. The minimum absolute atomic E-state index is 0.0183. The smallest absolute Gasteiger partial charge is 0.250 e. The van der Waals surface area contributed by atoms with Gasteiger partial charge in [0.1, 0.15) is 0 Å². The van der Waals surface area contributed by atoms with Gasteiger partial charge in [-0.3, -0.25) is 0 Å². The monoisotopic (exact) mass is 475 g/mol. The topological polar surface area (TPSA) is 76.7 Å². The first-order valence-electron chi connectivity index (χ1n) is 7.29. The lowest BCUT2D eigenvalue weighted by Gasteiger charge is -2.20. The Morgan fingerprint density at radius 2 is 1.46 bits per heavy atom. The summed E-state index contributed by atoms with van der Waals surface area (Å²) in [5.41, 5.74) is 6.62. The maximum Gasteiger partial charge on any atom is 0.250 e. The zero-order chi connectivity index (χ0) is 19.8. The summed E-state index contributed by atoms with van der Waals surface area (Å²) in [6.45, 7) is 4.11. The van der Waals surface area contributed by atoms with Gasteiger partial charge in [0.15, 0.2) is 11.6 Å². The molecule has 0 amide bonds. The first kappa shape index (κ1) is 22.0. The highest BCUT2D eigenvalue weighted by Crippen LogP contribution is 2.39. The van der Waals surface area contributed by atoms with Gasteiger partial charge in [-0.2, -0.15) is 9.97 Å². The van der Waals surface area contributed by atoms with E-state index in [1.54, 1.807) is 24.3 Å². The molecule has 2 aromatic rings. The molecule has 3 N–H and O–H groups in total. The van der Waals surface area contributed by atoms with E-state index in [2.05, 4.69) is 20.3 Å². The van der Waals surface area contributed by atoms with E-state index >= 15 is 0 Å². The molecule has 0 unspecified atom stereocenters. The summed E-state index contributed by atoms with van der Waals surface area (Å²) in [6.07, 6.45) is 0. The standard InChI is InChI=1S/C15H15Cl6N5/c1-13(2,22)7-23-12-25-10(24-11(26-12)15(19,20)21)8-3-5-9(6-4-8)14(16,17)18/h3-6H,7,22H2,1-2H3,(H,23,24,25,26). The molecule has 0 fully saturated rings. The van der Waals surface area contributed by atoms with E-state index in [4.69, 9.17) is 75.3 Å². The molecule has 0 atom stereocenters. The van der Waals surface area contributed by atoms with E-state index in [0.29, 0.717) is 23.5 Å². The number of halogens is 6. The first-order valence-corrected chi connectivity index (χ1v) is 9.56. The number of alkyl halides is 6. The molecular formula is C15H15Cl6N5. The zero-order valence-corrected chi connectivity index (χ0v) is 18.2. The molecule has 0 aliphatic heterocycles. The van der Waals surface area contributed by atoms with Gasteiger partial charge in [-0.15, -0.1) is 0 Å². The van der Waals surface area contributed by atoms with Crippen molar-refractivity contribution in [2.24, 2.45) is 5.73 Å². The Labute approximate surface area is 181 Å². The molecule has 5 nitrogen and oxygen atoms in total. The zero-order valence-electron chi connectivity index (χ0n) is 13.7. The highest BCUT2D eigenvalue weighted by atomic mass is 35.6. The van der Waals surface area contributed by atoms with Crippen LogP contribution in [0.25, 0.3) is 11.4 Å². The number of aromatic nitrogens is 3. The van der Waals surface area contributed by atoms with E-state index in [0.717, 1.165) is 0 Å². The Hall–Kier alpha value is -0.270. The van der Waals surface area contributed by atoms with E-state index in [1.807, 2.05) is 13.8 Å². The maximum absolute atomic E-state index is 5.96. The van der Waals surface area contributed by atoms with Crippen molar-refractivity contribution in [2.45, 2.75) is 27.0 Å². The third-order valence-corrected chi connectivity index (χ3v) is 4.22. The average Bonchev–Trinajstić information content (AvgIpc) is 2.50. The maximum atomic E-state index is 5.96. The molecular weight excluding hydrogens is 463 g/mol. The van der Waals surface area contributed by atoms with Crippen molar-refractivity contribution in [1.82, 2.24) is 15.0 Å². The summed E-state index contributed by atoms with van der Waals surface area (Å²) in [6, 6.07) is 6.70. The van der Waals surface area contributed by atoms with Crippen molar-refractivity contribution < 1.29 is 0 Å². The molecule has 142 valence electrons. The Bertz CT molecular complexity index is 762. The van der Waals surface area contributed by atoms with E-state index < -0.39 is 13.1 Å². The Morgan fingerprint density at radius 1 is 0.885 bits per heavy atom. The molecule has 0 saturated heterocycles. The third-order valence-electron chi connectivity index (χ3n) is 3.06. The Balaban J connectivity index is 2.43. The molecule has 0 spiro atoms. The predicted octanol–water partition coefficient (Wildman–Crippen LogP) is 5.34. The number of nitrogens with two attached hydrogens (primary N) is 1. The quantitative estimate of drug-likeness (QED) is 0.581. The average molecular weight is 478 g/mol. The second-order valence-electron chi connectivity index (χ2n) is 6.22. The van der Waals surface area contributed by atoms with Crippen LogP contribution in [-0.2, 0) is 7.59 Å². The summed E-state index contributed by atoms with van der Waals surface area (Å²) in [5.74, 6) is 0.519. The van der Waals surface area contributed by atoms with Gasteiger partial charge in [0.25, 0.3) is 0 Å². The first-order chi connectivity index (χ1) is 11.8. The second kappa shape index (κ2) is 8.00. The molecule has 2 rings (SSSR count). The van der Waals surface area contributed by atoms with Crippen LogP contribution in [0.15, 0.2) is 24.3 Å². The van der Waals surface area contributed by atoms with Gasteiger partial charge in [-0.05, 0) is 13.8 Å². The lowest BCUT2D eigenvalue weighted by Crippen LogP contribution is -2.40. The number of benzene rings is 1. The Morgan fingerprint density at radius 3 is 1.92 bits per heavy atom. The van der Waals surface area contributed by atoms with E-state index in [1.165, 1.54) is 0 Å². The third kappa shape index (κ3) is 6.41.